The molecule has 0 aliphatic rings. The summed E-state index contributed by atoms with van der Waals surface area (Å²) >= 11 is 0. The summed E-state index contributed by atoms with van der Waals surface area (Å²) in [5, 5.41) is 2.49. The van der Waals surface area contributed by atoms with Crippen LogP contribution in [-0.4, -0.2) is 17.9 Å². The van der Waals surface area contributed by atoms with E-state index in [1.807, 2.05) is 0 Å². The van der Waals surface area contributed by atoms with Crippen LogP contribution in [-0.2, 0) is 11.3 Å². The van der Waals surface area contributed by atoms with E-state index in [0.29, 0.717) is 12.1 Å². The summed E-state index contributed by atoms with van der Waals surface area (Å²) in [4.78, 5) is 22.4. The first kappa shape index (κ1) is 12.2. The number of primary amides is 1. The van der Waals surface area contributed by atoms with Gasteiger partial charge in [0.2, 0.25) is 5.91 Å². The maximum absolute atomic E-state index is 11.6. The average Bonchev–Trinajstić information content (AvgIpc) is 2.28. The normalized spacial score (nSPS) is 11.9. The standard InChI is InChI=1S/C11H15N3O2/c1-7(10(13)15)14-11(16)9-4-2-8(6-12)3-5-9/h2-5,7H,6,12H2,1H3,(H2,13,15)(H,14,16)/t7-/m0/s1. The highest BCUT2D eigenvalue weighted by molar-refractivity contribution is 5.97. The van der Waals surface area contributed by atoms with Gasteiger partial charge in [-0.3, -0.25) is 9.59 Å². The third-order valence-corrected chi connectivity index (χ3v) is 2.23. The highest BCUT2D eigenvalue weighted by atomic mass is 16.2. The highest BCUT2D eigenvalue weighted by Gasteiger charge is 2.13. The molecule has 0 bridgehead atoms. The Bertz CT molecular complexity index is 387. The first-order chi connectivity index (χ1) is 7.54. The molecule has 1 aromatic carbocycles. The minimum atomic E-state index is -0.679. The molecule has 1 atom stereocenters. The fraction of sp³-hybridized carbons (Fsp3) is 0.273. The van der Waals surface area contributed by atoms with Crippen LogP contribution in [0.5, 0.6) is 0 Å². The number of benzene rings is 1. The molecule has 0 unspecified atom stereocenters. The van der Waals surface area contributed by atoms with Gasteiger partial charge in [0.25, 0.3) is 5.91 Å². The van der Waals surface area contributed by atoms with Crippen molar-refractivity contribution < 1.29 is 9.59 Å². The van der Waals surface area contributed by atoms with Crippen molar-refractivity contribution in [1.29, 1.82) is 0 Å². The number of carbonyl (C=O) groups excluding carboxylic acids is 2. The lowest BCUT2D eigenvalue weighted by Gasteiger charge is -2.10. The van der Waals surface area contributed by atoms with Gasteiger partial charge >= 0.3 is 0 Å². The molecule has 0 aliphatic carbocycles. The van der Waals surface area contributed by atoms with Crippen LogP contribution in [0.25, 0.3) is 0 Å². The molecule has 86 valence electrons. The third kappa shape index (κ3) is 3.06. The van der Waals surface area contributed by atoms with Crippen molar-refractivity contribution in [2.45, 2.75) is 19.5 Å². The Morgan fingerprint density at radius 1 is 1.31 bits per heavy atom. The minimum absolute atomic E-state index is 0.324. The summed E-state index contributed by atoms with van der Waals surface area (Å²) < 4.78 is 0. The number of rotatable bonds is 4. The zero-order chi connectivity index (χ0) is 12.1. The summed E-state index contributed by atoms with van der Waals surface area (Å²) in [5.41, 5.74) is 11.9. The van der Waals surface area contributed by atoms with Gasteiger partial charge < -0.3 is 16.8 Å². The lowest BCUT2D eigenvalue weighted by Crippen LogP contribution is -2.42. The third-order valence-electron chi connectivity index (χ3n) is 2.23. The summed E-state index contributed by atoms with van der Waals surface area (Å²) in [6, 6.07) is 6.17. The van der Waals surface area contributed by atoms with E-state index in [9.17, 15) is 9.59 Å². The monoisotopic (exact) mass is 221 g/mol. The van der Waals surface area contributed by atoms with E-state index in [0.717, 1.165) is 5.56 Å². The van der Waals surface area contributed by atoms with Crippen LogP contribution in [0.4, 0.5) is 0 Å². The predicted octanol–water partition coefficient (Wildman–Crippen LogP) is -0.251. The number of hydrogen-bond acceptors (Lipinski definition) is 3. The van der Waals surface area contributed by atoms with Gasteiger partial charge in [0.15, 0.2) is 0 Å². The van der Waals surface area contributed by atoms with E-state index in [2.05, 4.69) is 5.32 Å². The van der Waals surface area contributed by atoms with Crippen molar-refractivity contribution in [2.24, 2.45) is 11.5 Å². The first-order valence-electron chi connectivity index (χ1n) is 4.93. The van der Waals surface area contributed by atoms with Gasteiger partial charge in [-0.1, -0.05) is 12.1 Å². The number of nitrogens with two attached hydrogens (primary N) is 2. The van der Waals surface area contributed by atoms with E-state index in [4.69, 9.17) is 11.5 Å². The molecule has 0 saturated heterocycles. The van der Waals surface area contributed by atoms with E-state index < -0.39 is 11.9 Å². The summed E-state index contributed by atoms with van der Waals surface area (Å²) in [6.07, 6.45) is 0. The van der Waals surface area contributed by atoms with Gasteiger partial charge in [-0.15, -0.1) is 0 Å². The molecule has 2 amide bonds. The Hall–Kier alpha value is -1.88. The largest absolute Gasteiger partial charge is 0.368 e. The van der Waals surface area contributed by atoms with Crippen molar-refractivity contribution in [2.75, 3.05) is 0 Å². The fourth-order valence-electron chi connectivity index (χ4n) is 1.14. The number of hydrogen-bond donors (Lipinski definition) is 3. The van der Waals surface area contributed by atoms with Crippen LogP contribution in [0.3, 0.4) is 0 Å². The minimum Gasteiger partial charge on any atom is -0.368 e. The van der Waals surface area contributed by atoms with Crippen LogP contribution in [0.15, 0.2) is 24.3 Å². The topological polar surface area (TPSA) is 98.2 Å². The predicted molar refractivity (Wildman–Crippen MR) is 60.5 cm³/mol. The molecule has 5 heteroatoms. The molecule has 0 radical (unpaired) electrons. The van der Waals surface area contributed by atoms with Crippen LogP contribution in [0.1, 0.15) is 22.8 Å². The van der Waals surface area contributed by atoms with Gasteiger partial charge in [-0.05, 0) is 24.6 Å². The molecular formula is C11H15N3O2. The second-order valence-corrected chi connectivity index (χ2v) is 3.50. The van der Waals surface area contributed by atoms with Crippen molar-refractivity contribution in [3.63, 3.8) is 0 Å². The second kappa shape index (κ2) is 5.27. The molecule has 0 spiro atoms. The number of nitrogens with one attached hydrogen (secondary N) is 1. The molecular weight excluding hydrogens is 206 g/mol. The van der Waals surface area contributed by atoms with Crippen LogP contribution < -0.4 is 16.8 Å². The van der Waals surface area contributed by atoms with Gasteiger partial charge in [-0.25, -0.2) is 0 Å². The lowest BCUT2D eigenvalue weighted by molar-refractivity contribution is -0.119. The molecule has 0 saturated carbocycles. The van der Waals surface area contributed by atoms with Crippen LogP contribution in [0, 0.1) is 0 Å². The summed E-state index contributed by atoms with van der Waals surface area (Å²) in [6.45, 7) is 1.97. The molecule has 1 aromatic rings. The van der Waals surface area contributed by atoms with Gasteiger partial charge in [-0.2, -0.15) is 0 Å². The van der Waals surface area contributed by atoms with E-state index in [1.54, 1.807) is 24.3 Å². The Morgan fingerprint density at radius 2 is 1.88 bits per heavy atom. The molecule has 0 aromatic heterocycles. The summed E-state index contributed by atoms with van der Waals surface area (Å²) in [5.74, 6) is -0.887. The van der Waals surface area contributed by atoms with Crippen LogP contribution in [0.2, 0.25) is 0 Å². The Labute approximate surface area is 93.8 Å². The van der Waals surface area contributed by atoms with Crippen molar-refractivity contribution in [3.8, 4) is 0 Å². The highest BCUT2D eigenvalue weighted by Crippen LogP contribution is 2.03. The zero-order valence-corrected chi connectivity index (χ0v) is 9.07. The summed E-state index contributed by atoms with van der Waals surface area (Å²) in [7, 11) is 0. The van der Waals surface area contributed by atoms with Crippen molar-refractivity contribution >= 4 is 11.8 Å². The van der Waals surface area contributed by atoms with Gasteiger partial charge in [0, 0.05) is 12.1 Å². The smallest absolute Gasteiger partial charge is 0.251 e. The Balaban J connectivity index is 2.69. The molecule has 5 nitrogen and oxygen atoms in total. The maximum Gasteiger partial charge on any atom is 0.251 e. The first-order valence-corrected chi connectivity index (χ1v) is 4.93. The maximum atomic E-state index is 11.6. The quantitative estimate of drug-likeness (QED) is 0.653. The Kier molecular flexibility index (Phi) is 4.02. The molecule has 5 N–H and O–H groups in total. The van der Waals surface area contributed by atoms with Crippen LogP contribution >= 0.6 is 0 Å². The van der Waals surface area contributed by atoms with E-state index in [-0.39, 0.29) is 5.91 Å². The van der Waals surface area contributed by atoms with E-state index >= 15 is 0 Å². The molecule has 0 aliphatic heterocycles. The lowest BCUT2D eigenvalue weighted by atomic mass is 10.1. The van der Waals surface area contributed by atoms with Gasteiger partial charge in [0.05, 0.1) is 0 Å². The van der Waals surface area contributed by atoms with Crippen molar-refractivity contribution in [1.82, 2.24) is 5.32 Å². The number of amides is 2. The molecule has 1 rings (SSSR count). The zero-order valence-electron chi connectivity index (χ0n) is 9.07. The second-order valence-electron chi connectivity index (χ2n) is 3.50. The molecule has 0 fully saturated rings. The molecule has 16 heavy (non-hydrogen) atoms. The average molecular weight is 221 g/mol. The van der Waals surface area contributed by atoms with Gasteiger partial charge in [0.1, 0.15) is 6.04 Å². The van der Waals surface area contributed by atoms with Crippen molar-refractivity contribution in [3.05, 3.63) is 35.4 Å². The fourth-order valence-corrected chi connectivity index (χ4v) is 1.14. The molecule has 0 heterocycles. The number of carbonyl (C=O) groups is 2. The van der Waals surface area contributed by atoms with E-state index in [1.165, 1.54) is 6.92 Å². The Morgan fingerprint density at radius 3 is 2.31 bits per heavy atom. The SMILES string of the molecule is C[C@H](NC(=O)c1ccc(CN)cc1)C(N)=O.